The molecule has 5 nitrogen and oxygen atoms in total. The Morgan fingerprint density at radius 1 is 1.37 bits per heavy atom. The fourth-order valence-electron chi connectivity index (χ4n) is 2.21. The summed E-state index contributed by atoms with van der Waals surface area (Å²) in [5.41, 5.74) is 0.587. The van der Waals surface area contributed by atoms with Crippen molar-refractivity contribution in [1.82, 2.24) is 10.6 Å². The maximum Gasteiger partial charge on any atom is 0.251 e. The van der Waals surface area contributed by atoms with Crippen LogP contribution in [0.4, 0.5) is 0 Å². The Hall–Kier alpha value is -1.75. The largest absolute Gasteiger partial charge is 0.493 e. The molecule has 1 aromatic carbocycles. The van der Waals surface area contributed by atoms with Gasteiger partial charge in [-0.3, -0.25) is 4.79 Å². The second kappa shape index (κ2) is 6.43. The van der Waals surface area contributed by atoms with E-state index >= 15 is 0 Å². The van der Waals surface area contributed by atoms with Crippen LogP contribution < -0.4 is 20.1 Å². The lowest BCUT2D eigenvalue weighted by molar-refractivity contribution is 0.0948. The summed E-state index contributed by atoms with van der Waals surface area (Å²) in [7, 11) is 3.13. The van der Waals surface area contributed by atoms with E-state index in [1.165, 1.54) is 0 Å². The molecule has 1 aromatic rings. The third-order valence-corrected chi connectivity index (χ3v) is 3.36. The van der Waals surface area contributed by atoms with Gasteiger partial charge in [0.15, 0.2) is 11.5 Å². The van der Waals surface area contributed by atoms with Gasteiger partial charge in [-0.15, -0.1) is 0 Å². The number of ether oxygens (including phenoxy) is 2. The summed E-state index contributed by atoms with van der Waals surface area (Å²) in [5.74, 6) is 1.65. The average Bonchev–Trinajstić information content (AvgIpc) is 2.97. The number of nitrogens with one attached hydrogen (secondary N) is 2. The Balaban J connectivity index is 1.98. The monoisotopic (exact) mass is 264 g/mol. The maximum absolute atomic E-state index is 12.0. The Morgan fingerprint density at radius 2 is 2.16 bits per heavy atom. The smallest absolute Gasteiger partial charge is 0.251 e. The molecule has 1 atom stereocenters. The molecule has 1 heterocycles. The van der Waals surface area contributed by atoms with Gasteiger partial charge in [0.2, 0.25) is 0 Å². The topological polar surface area (TPSA) is 59.6 Å². The predicted molar refractivity (Wildman–Crippen MR) is 72.9 cm³/mol. The average molecular weight is 264 g/mol. The lowest BCUT2D eigenvalue weighted by Gasteiger charge is -2.12. The van der Waals surface area contributed by atoms with Gasteiger partial charge in [0.05, 0.1) is 14.2 Å². The summed E-state index contributed by atoms with van der Waals surface area (Å²) in [6.45, 7) is 2.73. The number of rotatable bonds is 5. The van der Waals surface area contributed by atoms with Gasteiger partial charge < -0.3 is 20.1 Å². The van der Waals surface area contributed by atoms with E-state index in [0.717, 1.165) is 19.5 Å². The molecule has 0 spiro atoms. The molecule has 0 saturated carbocycles. The minimum Gasteiger partial charge on any atom is -0.493 e. The van der Waals surface area contributed by atoms with Crippen LogP contribution in [0.1, 0.15) is 16.8 Å². The lowest BCUT2D eigenvalue weighted by atomic mass is 10.1. The fraction of sp³-hybridized carbons (Fsp3) is 0.500. The molecule has 0 radical (unpaired) electrons. The van der Waals surface area contributed by atoms with Gasteiger partial charge in [0.25, 0.3) is 5.91 Å². The van der Waals surface area contributed by atoms with Gasteiger partial charge in [-0.1, -0.05) is 0 Å². The van der Waals surface area contributed by atoms with E-state index in [9.17, 15) is 4.79 Å². The third kappa shape index (κ3) is 3.38. The number of hydrogen-bond donors (Lipinski definition) is 2. The van der Waals surface area contributed by atoms with Gasteiger partial charge in [0.1, 0.15) is 0 Å². The highest BCUT2D eigenvalue weighted by Crippen LogP contribution is 2.27. The van der Waals surface area contributed by atoms with Crippen LogP contribution in [0.15, 0.2) is 18.2 Å². The summed E-state index contributed by atoms with van der Waals surface area (Å²) >= 11 is 0. The van der Waals surface area contributed by atoms with Crippen LogP contribution in [0, 0.1) is 5.92 Å². The first-order chi connectivity index (χ1) is 9.24. The Morgan fingerprint density at radius 3 is 2.79 bits per heavy atom. The predicted octanol–water partition coefficient (Wildman–Crippen LogP) is 1.04. The van der Waals surface area contributed by atoms with Crippen molar-refractivity contribution >= 4 is 5.91 Å². The molecule has 1 amide bonds. The normalized spacial score (nSPS) is 18.1. The number of hydrogen-bond acceptors (Lipinski definition) is 4. The molecule has 1 fully saturated rings. The molecule has 2 rings (SSSR count). The van der Waals surface area contributed by atoms with Crippen molar-refractivity contribution in [2.24, 2.45) is 5.92 Å². The van der Waals surface area contributed by atoms with Crippen LogP contribution in [0.25, 0.3) is 0 Å². The molecule has 0 aliphatic carbocycles. The van der Waals surface area contributed by atoms with E-state index in [2.05, 4.69) is 10.6 Å². The molecule has 1 aliphatic rings. The first-order valence-corrected chi connectivity index (χ1v) is 6.45. The summed E-state index contributed by atoms with van der Waals surface area (Å²) < 4.78 is 10.3. The van der Waals surface area contributed by atoms with Crippen molar-refractivity contribution in [3.63, 3.8) is 0 Å². The van der Waals surface area contributed by atoms with Crippen LogP contribution in [0.5, 0.6) is 11.5 Å². The van der Waals surface area contributed by atoms with Crippen LogP contribution in [-0.4, -0.2) is 39.8 Å². The van der Waals surface area contributed by atoms with Gasteiger partial charge >= 0.3 is 0 Å². The molecule has 1 saturated heterocycles. The lowest BCUT2D eigenvalue weighted by Crippen LogP contribution is -2.30. The highest BCUT2D eigenvalue weighted by Gasteiger charge is 2.16. The van der Waals surface area contributed by atoms with E-state index in [1.807, 2.05) is 0 Å². The second-order valence-electron chi connectivity index (χ2n) is 4.64. The Labute approximate surface area is 113 Å². The van der Waals surface area contributed by atoms with Gasteiger partial charge in [-0.2, -0.15) is 0 Å². The maximum atomic E-state index is 12.0. The molecule has 104 valence electrons. The zero-order valence-electron chi connectivity index (χ0n) is 11.4. The van der Waals surface area contributed by atoms with Gasteiger partial charge in [-0.05, 0) is 43.6 Å². The molecule has 1 unspecified atom stereocenters. The Kier molecular flexibility index (Phi) is 4.63. The molecule has 19 heavy (non-hydrogen) atoms. The quantitative estimate of drug-likeness (QED) is 0.834. The van der Waals surface area contributed by atoms with E-state index in [-0.39, 0.29) is 5.91 Å². The van der Waals surface area contributed by atoms with Gasteiger partial charge in [0, 0.05) is 12.1 Å². The molecular formula is C14H20N2O3. The molecule has 0 bridgehead atoms. The van der Waals surface area contributed by atoms with Crippen LogP contribution in [0.2, 0.25) is 0 Å². The van der Waals surface area contributed by atoms with E-state index < -0.39 is 0 Å². The number of benzene rings is 1. The SMILES string of the molecule is COc1ccc(C(=O)NCC2CCNC2)cc1OC. The summed E-state index contributed by atoms with van der Waals surface area (Å²) in [6, 6.07) is 5.18. The van der Waals surface area contributed by atoms with Crippen molar-refractivity contribution in [2.75, 3.05) is 33.9 Å². The minimum atomic E-state index is -0.0761. The minimum absolute atomic E-state index is 0.0761. The van der Waals surface area contributed by atoms with Crippen molar-refractivity contribution in [3.05, 3.63) is 23.8 Å². The summed E-state index contributed by atoms with van der Waals surface area (Å²) in [6.07, 6.45) is 1.12. The van der Waals surface area contributed by atoms with Crippen LogP contribution in [0.3, 0.4) is 0 Å². The third-order valence-electron chi connectivity index (χ3n) is 3.36. The first-order valence-electron chi connectivity index (χ1n) is 6.45. The van der Waals surface area contributed by atoms with E-state index in [0.29, 0.717) is 29.5 Å². The van der Waals surface area contributed by atoms with Gasteiger partial charge in [-0.25, -0.2) is 0 Å². The number of amides is 1. The van der Waals surface area contributed by atoms with Crippen LogP contribution >= 0.6 is 0 Å². The standard InChI is InChI=1S/C14H20N2O3/c1-18-12-4-3-11(7-13(12)19-2)14(17)16-9-10-5-6-15-8-10/h3-4,7,10,15H,5-6,8-9H2,1-2H3,(H,16,17). The Bertz CT molecular complexity index is 442. The molecule has 2 N–H and O–H groups in total. The highest BCUT2D eigenvalue weighted by molar-refractivity contribution is 5.94. The van der Waals surface area contributed by atoms with E-state index in [1.54, 1.807) is 32.4 Å². The number of methoxy groups -OCH3 is 2. The molecule has 1 aliphatic heterocycles. The first kappa shape index (κ1) is 13.7. The van der Waals surface area contributed by atoms with E-state index in [4.69, 9.17) is 9.47 Å². The van der Waals surface area contributed by atoms with Crippen LogP contribution in [-0.2, 0) is 0 Å². The van der Waals surface area contributed by atoms with Crippen molar-refractivity contribution in [1.29, 1.82) is 0 Å². The number of carbonyl (C=O) groups is 1. The summed E-state index contributed by atoms with van der Waals surface area (Å²) in [5, 5.41) is 6.24. The van der Waals surface area contributed by atoms with Crippen molar-refractivity contribution < 1.29 is 14.3 Å². The number of carbonyl (C=O) groups excluding carboxylic acids is 1. The summed E-state index contributed by atoms with van der Waals surface area (Å²) in [4.78, 5) is 12.0. The second-order valence-corrected chi connectivity index (χ2v) is 4.64. The molecule has 0 aromatic heterocycles. The zero-order valence-corrected chi connectivity index (χ0v) is 11.4. The zero-order chi connectivity index (χ0) is 13.7. The van der Waals surface area contributed by atoms with Crippen molar-refractivity contribution in [3.8, 4) is 11.5 Å². The highest BCUT2D eigenvalue weighted by atomic mass is 16.5. The van der Waals surface area contributed by atoms with Crippen molar-refractivity contribution in [2.45, 2.75) is 6.42 Å². The molecular weight excluding hydrogens is 244 g/mol. The molecule has 5 heteroatoms. The fourth-order valence-corrected chi connectivity index (χ4v) is 2.21.